The largest absolute Gasteiger partial charge is 0.383 e. The van der Waals surface area contributed by atoms with E-state index in [1.165, 1.54) is 20.3 Å². The van der Waals surface area contributed by atoms with Crippen LogP contribution in [0.4, 0.5) is 32.8 Å². The maximum Gasteiger partial charge on any atom is 0.139 e. The van der Waals surface area contributed by atoms with Gasteiger partial charge in [0.15, 0.2) is 0 Å². The van der Waals surface area contributed by atoms with Crippen molar-refractivity contribution in [1.29, 1.82) is 0 Å². The second-order valence-electron chi connectivity index (χ2n) is 9.71. The minimum atomic E-state index is 0. The highest BCUT2D eigenvalue weighted by Gasteiger charge is 2.25. The lowest BCUT2D eigenvalue weighted by Crippen LogP contribution is -2.47. The van der Waals surface area contributed by atoms with Gasteiger partial charge in [0.25, 0.3) is 0 Å². The number of hydrogen-bond donors (Lipinski definition) is 3. The van der Waals surface area contributed by atoms with E-state index in [9.17, 15) is 0 Å². The Kier molecular flexibility index (Phi) is 7.95. The summed E-state index contributed by atoms with van der Waals surface area (Å²) in [5, 5.41) is 9.23. The van der Waals surface area contributed by atoms with Gasteiger partial charge in [-0.3, -0.25) is 0 Å². The summed E-state index contributed by atoms with van der Waals surface area (Å²) in [6, 6.07) is 20.5. The number of amidine groups is 2. The number of fused-ring (bicyclic) bond motifs is 4. The van der Waals surface area contributed by atoms with Crippen LogP contribution in [-0.4, -0.2) is 54.7 Å². The van der Waals surface area contributed by atoms with E-state index < -0.39 is 0 Å². The first-order valence-corrected chi connectivity index (χ1v) is 14.4. The summed E-state index contributed by atoms with van der Waals surface area (Å²) in [6.07, 6.45) is 0. The standard InChI is InChI=1S/C17H20N4S.C12H11N3S.ClH/c1-12-11-13-16(21-9-7-20(2)8-10-21)18-14-5-3-4-6-15(14)19-17(13)22-12;1-7-6-8-11(13)14-9-4-2-3-5-10(9)15-12(8)16-7;/h3-6,11,19H,7-10H2,1-2H3;2-6,15H,1H3,(H2,13,14);1H. The van der Waals surface area contributed by atoms with Crippen LogP contribution in [0.2, 0.25) is 0 Å². The number of nitrogens with two attached hydrogens (primary N) is 1. The van der Waals surface area contributed by atoms with E-state index in [0.717, 1.165) is 65.3 Å². The molecule has 10 heteroatoms. The second kappa shape index (κ2) is 11.4. The average Bonchev–Trinajstić information content (AvgIpc) is 3.38. The summed E-state index contributed by atoms with van der Waals surface area (Å²) in [5.41, 5.74) is 12.2. The normalized spacial score (nSPS) is 15.6. The molecule has 0 unspecified atom stereocenters. The quantitative estimate of drug-likeness (QED) is 0.209. The van der Waals surface area contributed by atoms with Crippen molar-refractivity contribution in [2.45, 2.75) is 13.8 Å². The fourth-order valence-corrected chi connectivity index (χ4v) is 6.65. The molecule has 0 saturated carbocycles. The van der Waals surface area contributed by atoms with E-state index in [1.54, 1.807) is 22.7 Å². The number of rotatable bonds is 0. The Morgan fingerprint density at radius 1 is 0.744 bits per heavy atom. The zero-order valence-corrected chi connectivity index (χ0v) is 24.6. The van der Waals surface area contributed by atoms with Crippen molar-refractivity contribution in [2.75, 3.05) is 43.9 Å². The molecule has 0 amide bonds. The van der Waals surface area contributed by atoms with Gasteiger partial charge in [-0.15, -0.1) is 35.1 Å². The highest BCUT2D eigenvalue weighted by atomic mass is 35.5. The number of piperazine rings is 1. The zero-order valence-electron chi connectivity index (χ0n) is 22.2. The van der Waals surface area contributed by atoms with Gasteiger partial charge < -0.3 is 26.2 Å². The van der Waals surface area contributed by atoms with Gasteiger partial charge in [-0.05, 0) is 57.3 Å². The number of anilines is 4. The van der Waals surface area contributed by atoms with E-state index in [2.05, 4.69) is 82.7 Å². The van der Waals surface area contributed by atoms with Crippen molar-refractivity contribution in [3.05, 3.63) is 81.5 Å². The number of halogens is 1. The number of nitrogens with one attached hydrogen (secondary N) is 2. The molecule has 3 aliphatic rings. The first-order valence-electron chi connectivity index (χ1n) is 12.7. The third-order valence-electron chi connectivity index (χ3n) is 6.80. The van der Waals surface area contributed by atoms with Gasteiger partial charge in [-0.25, -0.2) is 9.98 Å². The topological polar surface area (TPSA) is 81.3 Å². The summed E-state index contributed by atoms with van der Waals surface area (Å²) in [6.45, 7) is 8.48. The van der Waals surface area contributed by atoms with E-state index in [4.69, 9.17) is 10.7 Å². The van der Waals surface area contributed by atoms with Gasteiger partial charge in [-0.2, -0.15) is 0 Å². The third kappa shape index (κ3) is 5.67. The Morgan fingerprint density at radius 2 is 1.26 bits per heavy atom. The van der Waals surface area contributed by atoms with E-state index in [1.807, 2.05) is 24.3 Å². The minimum absolute atomic E-state index is 0. The first kappa shape index (κ1) is 27.2. The number of nitrogens with zero attached hydrogens (tertiary/aromatic N) is 4. The number of aliphatic imine (C=N–C) groups is 2. The molecular weight excluding hydrogens is 546 g/mol. The fraction of sp³-hybridized carbons (Fsp3) is 0.241. The predicted octanol–water partition coefficient (Wildman–Crippen LogP) is 7.01. The van der Waals surface area contributed by atoms with Gasteiger partial charge in [0.1, 0.15) is 21.7 Å². The summed E-state index contributed by atoms with van der Waals surface area (Å²) in [7, 11) is 2.18. The summed E-state index contributed by atoms with van der Waals surface area (Å²) in [5.74, 6) is 1.70. The van der Waals surface area contributed by atoms with Crippen LogP contribution in [-0.2, 0) is 0 Å². The summed E-state index contributed by atoms with van der Waals surface area (Å²) >= 11 is 3.51. The molecule has 7 nitrogen and oxygen atoms in total. The maximum atomic E-state index is 5.99. The highest BCUT2D eigenvalue weighted by molar-refractivity contribution is 7.17. The van der Waals surface area contributed by atoms with Gasteiger partial charge in [0.2, 0.25) is 0 Å². The molecule has 1 saturated heterocycles. The highest BCUT2D eigenvalue weighted by Crippen LogP contribution is 2.39. The molecule has 202 valence electrons. The Morgan fingerprint density at radius 3 is 1.87 bits per heavy atom. The molecule has 2 aromatic carbocycles. The SMILES string of the molecule is Cc1cc2c(s1)Nc1ccccc1N=C2N.Cc1cc2c(s1)Nc1ccccc1N=C2N1CCN(C)CC1.Cl. The Bertz CT molecular complexity index is 1550. The molecule has 4 N–H and O–H groups in total. The minimum Gasteiger partial charge on any atom is -0.383 e. The Labute approximate surface area is 243 Å². The van der Waals surface area contributed by atoms with Crippen LogP contribution in [0.3, 0.4) is 0 Å². The van der Waals surface area contributed by atoms with Crippen LogP contribution in [0.1, 0.15) is 20.9 Å². The number of thiophene rings is 2. The molecule has 2 aromatic heterocycles. The average molecular weight is 578 g/mol. The Balaban J connectivity index is 0.000000161. The predicted molar refractivity (Wildman–Crippen MR) is 170 cm³/mol. The molecule has 7 rings (SSSR count). The van der Waals surface area contributed by atoms with Crippen LogP contribution in [0.5, 0.6) is 0 Å². The van der Waals surface area contributed by atoms with E-state index in [-0.39, 0.29) is 12.4 Å². The van der Waals surface area contributed by atoms with Crippen LogP contribution >= 0.6 is 35.1 Å². The van der Waals surface area contributed by atoms with Gasteiger partial charge >= 0.3 is 0 Å². The van der Waals surface area contributed by atoms with Crippen LogP contribution < -0.4 is 16.4 Å². The fourth-order valence-electron chi connectivity index (χ4n) is 4.79. The second-order valence-corrected chi connectivity index (χ2v) is 12.2. The van der Waals surface area contributed by atoms with Gasteiger partial charge in [-0.1, -0.05) is 24.3 Å². The van der Waals surface area contributed by atoms with Crippen molar-refractivity contribution in [3.63, 3.8) is 0 Å². The summed E-state index contributed by atoms with van der Waals surface area (Å²) in [4.78, 5) is 16.8. The van der Waals surface area contributed by atoms with Crippen LogP contribution in [0.25, 0.3) is 0 Å². The molecule has 3 aliphatic heterocycles. The summed E-state index contributed by atoms with van der Waals surface area (Å²) < 4.78 is 0. The van der Waals surface area contributed by atoms with Crippen molar-refractivity contribution < 1.29 is 0 Å². The number of aryl methyl sites for hydroxylation is 2. The van der Waals surface area contributed by atoms with Crippen LogP contribution in [0, 0.1) is 13.8 Å². The molecule has 4 aromatic rings. The van der Waals surface area contributed by atoms with Gasteiger partial charge in [0, 0.05) is 35.9 Å². The first-order chi connectivity index (χ1) is 18.4. The van der Waals surface area contributed by atoms with E-state index in [0.29, 0.717) is 5.84 Å². The Hall–Kier alpha value is -3.37. The molecule has 0 aliphatic carbocycles. The lowest BCUT2D eigenvalue weighted by molar-refractivity contribution is 0.216. The van der Waals surface area contributed by atoms with Gasteiger partial charge in [0.05, 0.1) is 33.9 Å². The zero-order chi connectivity index (χ0) is 26.2. The number of hydrogen-bond acceptors (Lipinski definition) is 9. The van der Waals surface area contributed by atoms with Crippen LogP contribution in [0.15, 0.2) is 70.6 Å². The van der Waals surface area contributed by atoms with Crippen molar-refractivity contribution in [2.24, 2.45) is 15.7 Å². The monoisotopic (exact) mass is 577 g/mol. The molecule has 5 heterocycles. The number of likely N-dealkylation sites (N-methyl/N-ethyl adjacent to an activating group) is 1. The maximum absolute atomic E-state index is 5.99. The smallest absolute Gasteiger partial charge is 0.139 e. The number of benzene rings is 2. The molecular formula is C29H32ClN7S2. The molecule has 0 spiro atoms. The molecule has 0 atom stereocenters. The van der Waals surface area contributed by atoms with Crippen molar-refractivity contribution >= 4 is 79.5 Å². The van der Waals surface area contributed by atoms with Crippen molar-refractivity contribution in [3.8, 4) is 0 Å². The molecule has 39 heavy (non-hydrogen) atoms. The lowest BCUT2D eigenvalue weighted by atomic mass is 10.2. The molecule has 1 fully saturated rings. The van der Waals surface area contributed by atoms with E-state index >= 15 is 0 Å². The third-order valence-corrected chi connectivity index (χ3v) is 8.73. The van der Waals surface area contributed by atoms with Crippen molar-refractivity contribution in [1.82, 2.24) is 9.80 Å². The molecule has 0 bridgehead atoms. The molecule has 0 radical (unpaired) electrons. The lowest BCUT2D eigenvalue weighted by Gasteiger charge is -2.34. The number of para-hydroxylation sites is 4.